The molecular weight excluding hydrogens is 949 g/mol. The Morgan fingerprint density at radius 2 is 0.506 bits per heavy atom. The predicted octanol–water partition coefficient (Wildman–Crippen LogP) is 22.7. The Morgan fingerprint density at radius 1 is 0.273 bits per heavy atom. The SMILES string of the molecule is CC/C=C\C/C=C\C/C=C\C/C=C\C/C=C\C/C=C\CCCCCCC(=O)OCC(COC(=O)CCCCCCC/C=C\CCCCCCCC)OC(=O)CCCCCCCCCCCCCCCCCCCCCCC. The summed E-state index contributed by atoms with van der Waals surface area (Å²) in [6.45, 7) is 6.54. The normalized spacial score (nSPS) is 12.6. The summed E-state index contributed by atoms with van der Waals surface area (Å²) in [4.78, 5) is 38.4. The van der Waals surface area contributed by atoms with Crippen LogP contribution in [0.2, 0.25) is 0 Å². The summed E-state index contributed by atoms with van der Waals surface area (Å²) in [6.07, 6.45) is 85.9. The number of carbonyl (C=O) groups excluding carboxylic acids is 3. The van der Waals surface area contributed by atoms with Gasteiger partial charge in [-0.3, -0.25) is 14.4 Å². The third-order valence-electron chi connectivity index (χ3n) is 14.4. The lowest BCUT2D eigenvalue weighted by atomic mass is 10.0. The van der Waals surface area contributed by atoms with Crippen LogP contribution < -0.4 is 0 Å². The van der Waals surface area contributed by atoms with Crippen molar-refractivity contribution in [3.8, 4) is 0 Å². The van der Waals surface area contributed by atoms with E-state index in [-0.39, 0.29) is 31.1 Å². The quantitative estimate of drug-likeness (QED) is 0.0261. The number of allylic oxidation sites excluding steroid dienone is 14. The molecule has 0 fully saturated rings. The molecule has 0 aliphatic heterocycles. The van der Waals surface area contributed by atoms with Crippen LogP contribution in [0.25, 0.3) is 0 Å². The lowest BCUT2D eigenvalue weighted by Crippen LogP contribution is -2.30. The van der Waals surface area contributed by atoms with E-state index in [4.69, 9.17) is 14.2 Å². The Morgan fingerprint density at radius 3 is 0.805 bits per heavy atom. The maximum absolute atomic E-state index is 12.9. The van der Waals surface area contributed by atoms with E-state index in [1.165, 1.54) is 173 Å². The van der Waals surface area contributed by atoms with Crippen LogP contribution >= 0.6 is 0 Å². The van der Waals surface area contributed by atoms with Gasteiger partial charge in [-0.15, -0.1) is 0 Å². The lowest BCUT2D eigenvalue weighted by Gasteiger charge is -2.18. The number of carbonyl (C=O) groups is 3. The van der Waals surface area contributed by atoms with E-state index in [2.05, 4.69) is 106 Å². The van der Waals surface area contributed by atoms with Gasteiger partial charge >= 0.3 is 17.9 Å². The summed E-state index contributed by atoms with van der Waals surface area (Å²) < 4.78 is 16.9. The van der Waals surface area contributed by atoms with E-state index in [0.29, 0.717) is 19.3 Å². The monoisotopic (exact) mass is 1070 g/mol. The predicted molar refractivity (Wildman–Crippen MR) is 334 cm³/mol. The minimum atomic E-state index is -0.791. The third-order valence-corrected chi connectivity index (χ3v) is 14.4. The highest BCUT2D eigenvalue weighted by atomic mass is 16.6. The molecule has 1 unspecified atom stereocenters. The van der Waals surface area contributed by atoms with Gasteiger partial charge in [0.15, 0.2) is 6.10 Å². The molecule has 0 rings (SSSR count). The van der Waals surface area contributed by atoms with E-state index >= 15 is 0 Å². The summed E-state index contributed by atoms with van der Waals surface area (Å²) in [5, 5.41) is 0. The molecule has 0 aromatic carbocycles. The molecule has 0 aromatic heterocycles. The fourth-order valence-corrected chi connectivity index (χ4v) is 9.44. The van der Waals surface area contributed by atoms with Crippen molar-refractivity contribution in [1.29, 1.82) is 0 Å². The van der Waals surface area contributed by atoms with Crippen molar-refractivity contribution < 1.29 is 28.6 Å². The molecule has 0 saturated heterocycles. The van der Waals surface area contributed by atoms with Crippen LogP contribution in [0, 0.1) is 0 Å². The Balaban J connectivity index is 4.40. The smallest absolute Gasteiger partial charge is 0.306 e. The number of esters is 3. The minimum Gasteiger partial charge on any atom is -0.462 e. The topological polar surface area (TPSA) is 78.9 Å². The Kier molecular flexibility index (Phi) is 62.2. The van der Waals surface area contributed by atoms with Crippen LogP contribution in [-0.2, 0) is 28.6 Å². The number of rotatable bonds is 60. The van der Waals surface area contributed by atoms with Crippen molar-refractivity contribution in [2.24, 2.45) is 0 Å². The zero-order valence-electron chi connectivity index (χ0n) is 51.0. The van der Waals surface area contributed by atoms with Crippen molar-refractivity contribution in [3.63, 3.8) is 0 Å². The number of unbranched alkanes of at least 4 members (excludes halogenated alkanes) is 35. The highest BCUT2D eigenvalue weighted by Gasteiger charge is 2.19. The van der Waals surface area contributed by atoms with Gasteiger partial charge in [-0.2, -0.15) is 0 Å². The van der Waals surface area contributed by atoms with Crippen LogP contribution in [0.15, 0.2) is 85.1 Å². The van der Waals surface area contributed by atoms with Crippen LogP contribution in [0.5, 0.6) is 0 Å². The Labute approximate surface area is 477 Å². The van der Waals surface area contributed by atoms with Gasteiger partial charge < -0.3 is 14.2 Å². The second kappa shape index (κ2) is 65.1. The first-order valence-corrected chi connectivity index (χ1v) is 33.1. The first-order valence-electron chi connectivity index (χ1n) is 33.1. The largest absolute Gasteiger partial charge is 0.462 e. The summed E-state index contributed by atoms with van der Waals surface area (Å²) in [5.74, 6) is -0.903. The summed E-state index contributed by atoms with van der Waals surface area (Å²) >= 11 is 0. The van der Waals surface area contributed by atoms with E-state index < -0.39 is 6.10 Å². The molecule has 0 radical (unpaired) electrons. The average molecular weight is 1070 g/mol. The van der Waals surface area contributed by atoms with Gasteiger partial charge in [0.05, 0.1) is 0 Å². The van der Waals surface area contributed by atoms with Crippen LogP contribution in [0.3, 0.4) is 0 Å². The maximum atomic E-state index is 12.9. The lowest BCUT2D eigenvalue weighted by molar-refractivity contribution is -0.167. The molecule has 0 N–H and O–H groups in total. The second-order valence-electron chi connectivity index (χ2n) is 22.0. The molecular formula is C71H124O6. The molecule has 0 spiro atoms. The number of hydrogen-bond donors (Lipinski definition) is 0. The molecule has 77 heavy (non-hydrogen) atoms. The number of ether oxygens (including phenoxy) is 3. The molecule has 0 aliphatic rings. The summed E-state index contributed by atoms with van der Waals surface area (Å²) in [6, 6.07) is 0. The van der Waals surface area contributed by atoms with Crippen LogP contribution in [0.4, 0.5) is 0 Å². The van der Waals surface area contributed by atoms with Crippen molar-refractivity contribution in [2.45, 2.75) is 335 Å². The maximum Gasteiger partial charge on any atom is 0.306 e. The molecule has 1 atom stereocenters. The fourth-order valence-electron chi connectivity index (χ4n) is 9.44. The first kappa shape index (κ1) is 73.6. The second-order valence-corrected chi connectivity index (χ2v) is 22.0. The molecule has 0 aliphatic carbocycles. The van der Waals surface area contributed by atoms with Gasteiger partial charge in [-0.25, -0.2) is 0 Å². The standard InChI is InChI=1S/C71H124O6/c1-4-7-10-13-16-19-22-25-28-30-32-34-35-37-38-40-43-46-49-52-55-58-61-64-70(73)76-67-68(66-75-69(72)63-60-57-54-51-48-45-42-27-24-21-18-15-12-9-6-3)77-71(74)65-62-59-56-53-50-47-44-41-39-36-33-31-29-26-23-20-17-14-11-8-5-2/h7,10,16,19,25,27-28,32,34,37-38,42-43,46,68H,4-6,8-9,11-15,17-18,20-24,26,29-31,33,35-36,39-41,44-45,47-67H2,1-3H3/b10-7-,19-16-,28-25-,34-32-,38-37-,42-27-,46-43-. The van der Waals surface area contributed by atoms with Crippen LogP contribution in [0.1, 0.15) is 329 Å². The van der Waals surface area contributed by atoms with Gasteiger partial charge in [0.25, 0.3) is 0 Å². The molecule has 0 heterocycles. The van der Waals surface area contributed by atoms with E-state index in [9.17, 15) is 14.4 Å². The third kappa shape index (κ3) is 63.3. The highest BCUT2D eigenvalue weighted by molar-refractivity contribution is 5.71. The number of hydrogen-bond acceptors (Lipinski definition) is 6. The molecule has 0 aromatic rings. The van der Waals surface area contributed by atoms with Crippen LogP contribution in [-0.4, -0.2) is 37.2 Å². The van der Waals surface area contributed by atoms with Gasteiger partial charge in [-0.1, -0.05) is 298 Å². The Bertz CT molecular complexity index is 1470. The zero-order chi connectivity index (χ0) is 55.7. The zero-order valence-corrected chi connectivity index (χ0v) is 51.0. The van der Waals surface area contributed by atoms with E-state index in [1.807, 2.05) is 0 Å². The summed E-state index contributed by atoms with van der Waals surface area (Å²) in [7, 11) is 0. The van der Waals surface area contributed by atoms with E-state index in [1.54, 1.807) is 0 Å². The average Bonchev–Trinajstić information content (AvgIpc) is 3.43. The molecule has 6 nitrogen and oxygen atoms in total. The van der Waals surface area contributed by atoms with E-state index in [0.717, 1.165) is 116 Å². The minimum absolute atomic E-state index is 0.0865. The van der Waals surface area contributed by atoms with Crippen molar-refractivity contribution in [1.82, 2.24) is 0 Å². The van der Waals surface area contributed by atoms with Crippen molar-refractivity contribution >= 4 is 17.9 Å². The van der Waals surface area contributed by atoms with Gasteiger partial charge in [0, 0.05) is 19.3 Å². The highest BCUT2D eigenvalue weighted by Crippen LogP contribution is 2.17. The summed E-state index contributed by atoms with van der Waals surface area (Å²) in [5.41, 5.74) is 0. The molecule has 0 amide bonds. The Hall–Kier alpha value is -3.41. The first-order chi connectivity index (χ1) is 38.0. The van der Waals surface area contributed by atoms with Crippen molar-refractivity contribution in [3.05, 3.63) is 85.1 Å². The van der Waals surface area contributed by atoms with Gasteiger partial charge in [0.1, 0.15) is 13.2 Å². The molecule has 6 heteroatoms. The van der Waals surface area contributed by atoms with Gasteiger partial charge in [-0.05, 0) is 96.3 Å². The van der Waals surface area contributed by atoms with Gasteiger partial charge in [0.2, 0.25) is 0 Å². The van der Waals surface area contributed by atoms with Crippen molar-refractivity contribution in [2.75, 3.05) is 13.2 Å². The fraction of sp³-hybridized carbons (Fsp3) is 0.761. The molecule has 0 saturated carbocycles. The molecule has 0 bridgehead atoms. The molecule has 444 valence electrons.